The van der Waals surface area contributed by atoms with Gasteiger partial charge in [-0.05, 0) is 47.4 Å². The number of phenols is 1. The van der Waals surface area contributed by atoms with Gasteiger partial charge in [0.25, 0.3) is 0 Å². The molecule has 0 saturated heterocycles. The predicted octanol–water partition coefficient (Wildman–Crippen LogP) is 2.71. The number of rotatable bonds is 0. The summed E-state index contributed by atoms with van der Waals surface area (Å²) < 4.78 is 0. The first-order valence-corrected chi connectivity index (χ1v) is 5.06. The molecule has 1 aromatic carbocycles. The molecule has 0 fully saturated rings. The second-order valence-corrected chi connectivity index (χ2v) is 4.57. The molecule has 0 heterocycles. The zero-order valence-electron chi connectivity index (χ0n) is 8.09. The Morgan fingerprint density at radius 3 is 2.46 bits per heavy atom. The molecule has 0 aromatic heterocycles. The van der Waals surface area contributed by atoms with Crippen molar-refractivity contribution in [2.45, 2.75) is 38.5 Å². The third-order valence-electron chi connectivity index (χ3n) is 3.61. The van der Waals surface area contributed by atoms with Crippen LogP contribution in [0.15, 0.2) is 6.07 Å². The van der Waals surface area contributed by atoms with Crippen LogP contribution in [0.4, 0.5) is 0 Å². The lowest BCUT2D eigenvalue weighted by atomic mass is 9.66. The maximum absolute atomic E-state index is 9.75. The Hall–Kier alpha value is -0.980. The molecule has 1 heteroatoms. The minimum absolute atomic E-state index is 0.541. The fourth-order valence-electron chi connectivity index (χ4n) is 2.94. The third-order valence-corrected chi connectivity index (χ3v) is 3.61. The molecule has 0 saturated carbocycles. The number of hydrogen-bond acceptors (Lipinski definition) is 1. The number of aromatic hydroxyl groups is 1. The first-order valence-electron chi connectivity index (χ1n) is 5.06. The highest BCUT2D eigenvalue weighted by Gasteiger charge is 2.35. The fourth-order valence-corrected chi connectivity index (χ4v) is 2.94. The van der Waals surface area contributed by atoms with Gasteiger partial charge in [-0.3, -0.25) is 0 Å². The van der Waals surface area contributed by atoms with Crippen molar-refractivity contribution < 1.29 is 5.11 Å². The maximum Gasteiger partial charge on any atom is 0.119 e. The number of hydrogen-bond donors (Lipinski definition) is 1. The van der Waals surface area contributed by atoms with Crippen LogP contribution in [-0.4, -0.2) is 5.11 Å². The van der Waals surface area contributed by atoms with E-state index in [0.717, 1.165) is 12.3 Å². The van der Waals surface area contributed by atoms with E-state index in [1.165, 1.54) is 23.1 Å². The van der Waals surface area contributed by atoms with E-state index >= 15 is 0 Å². The highest BCUT2D eigenvalue weighted by Crippen LogP contribution is 2.50. The first kappa shape index (κ1) is 7.43. The van der Waals surface area contributed by atoms with E-state index in [1.54, 1.807) is 5.56 Å². The van der Waals surface area contributed by atoms with Crippen LogP contribution in [0.1, 0.15) is 47.9 Å². The molecule has 2 unspecified atom stereocenters. The van der Waals surface area contributed by atoms with E-state index < -0.39 is 0 Å². The van der Waals surface area contributed by atoms with Crippen LogP contribution >= 0.6 is 0 Å². The minimum atomic E-state index is 0.541. The standard InChI is InChI=1S/C12H14O/c1-6-3-8-5-10(13)12-7(2)4-9(12)11(6)8/h5-7,13H,3-4H2,1-2H3. The summed E-state index contributed by atoms with van der Waals surface area (Å²) in [4.78, 5) is 0. The average Bonchev–Trinajstić information content (AvgIpc) is 2.00. The second kappa shape index (κ2) is 2.09. The van der Waals surface area contributed by atoms with Crippen LogP contribution in [-0.2, 0) is 12.8 Å². The van der Waals surface area contributed by atoms with Gasteiger partial charge in [-0.2, -0.15) is 0 Å². The molecular formula is C12H14O. The molecule has 2 aliphatic carbocycles. The molecule has 0 radical (unpaired) electrons. The van der Waals surface area contributed by atoms with Crippen molar-refractivity contribution in [3.05, 3.63) is 28.3 Å². The van der Waals surface area contributed by atoms with Crippen molar-refractivity contribution in [2.24, 2.45) is 0 Å². The quantitative estimate of drug-likeness (QED) is 0.641. The SMILES string of the molecule is CC1Cc2c1c(O)cc1c2C(C)C1. The van der Waals surface area contributed by atoms with E-state index in [1.807, 2.05) is 6.07 Å². The largest absolute Gasteiger partial charge is 0.508 e. The van der Waals surface area contributed by atoms with E-state index in [0.29, 0.717) is 11.7 Å². The Kier molecular flexibility index (Phi) is 1.19. The van der Waals surface area contributed by atoms with Crippen molar-refractivity contribution in [3.8, 4) is 5.75 Å². The van der Waals surface area contributed by atoms with Gasteiger partial charge in [0.15, 0.2) is 0 Å². The topological polar surface area (TPSA) is 20.2 Å². The second-order valence-electron chi connectivity index (χ2n) is 4.57. The third kappa shape index (κ3) is 0.731. The summed E-state index contributed by atoms with van der Waals surface area (Å²) in [6, 6.07) is 1.98. The van der Waals surface area contributed by atoms with Crippen LogP contribution in [0.25, 0.3) is 0 Å². The molecule has 2 aliphatic rings. The summed E-state index contributed by atoms with van der Waals surface area (Å²) in [5.74, 6) is 1.85. The van der Waals surface area contributed by atoms with Gasteiger partial charge < -0.3 is 5.11 Å². The van der Waals surface area contributed by atoms with Crippen molar-refractivity contribution >= 4 is 0 Å². The van der Waals surface area contributed by atoms with Crippen LogP contribution < -0.4 is 0 Å². The lowest BCUT2D eigenvalue weighted by Crippen LogP contribution is -2.25. The monoisotopic (exact) mass is 174 g/mol. The van der Waals surface area contributed by atoms with Crippen LogP contribution in [0.5, 0.6) is 5.75 Å². The lowest BCUT2D eigenvalue weighted by molar-refractivity contribution is 0.443. The molecule has 3 rings (SSSR count). The van der Waals surface area contributed by atoms with Gasteiger partial charge in [-0.25, -0.2) is 0 Å². The van der Waals surface area contributed by atoms with Gasteiger partial charge >= 0.3 is 0 Å². The molecule has 2 atom stereocenters. The van der Waals surface area contributed by atoms with Crippen LogP contribution in [0, 0.1) is 0 Å². The van der Waals surface area contributed by atoms with Crippen molar-refractivity contribution in [3.63, 3.8) is 0 Å². The van der Waals surface area contributed by atoms with E-state index in [9.17, 15) is 5.11 Å². The smallest absolute Gasteiger partial charge is 0.119 e. The predicted molar refractivity (Wildman–Crippen MR) is 52.3 cm³/mol. The Balaban J connectivity index is 2.25. The Morgan fingerprint density at radius 1 is 1.15 bits per heavy atom. The maximum atomic E-state index is 9.75. The normalized spacial score (nSPS) is 28.5. The summed E-state index contributed by atoms with van der Waals surface area (Å²) in [6.07, 6.45) is 2.33. The molecule has 1 nitrogen and oxygen atoms in total. The van der Waals surface area contributed by atoms with Gasteiger partial charge in [0, 0.05) is 5.56 Å². The highest BCUT2D eigenvalue weighted by atomic mass is 16.3. The van der Waals surface area contributed by atoms with Gasteiger partial charge in [0.1, 0.15) is 5.75 Å². The zero-order valence-corrected chi connectivity index (χ0v) is 8.09. The molecule has 0 spiro atoms. The summed E-state index contributed by atoms with van der Waals surface area (Å²) in [7, 11) is 0. The molecule has 68 valence electrons. The number of benzene rings is 1. The summed E-state index contributed by atoms with van der Waals surface area (Å²) in [5.41, 5.74) is 5.62. The first-order chi connectivity index (χ1) is 6.18. The lowest BCUT2D eigenvalue weighted by Gasteiger charge is -2.39. The highest BCUT2D eigenvalue weighted by molar-refractivity contribution is 5.60. The van der Waals surface area contributed by atoms with Gasteiger partial charge in [0.05, 0.1) is 0 Å². The van der Waals surface area contributed by atoms with Crippen molar-refractivity contribution in [1.29, 1.82) is 0 Å². The average molecular weight is 174 g/mol. The summed E-state index contributed by atoms with van der Waals surface area (Å²) >= 11 is 0. The number of phenolic OH excluding ortho intramolecular Hbond substituents is 1. The Morgan fingerprint density at radius 2 is 1.85 bits per heavy atom. The van der Waals surface area contributed by atoms with E-state index in [4.69, 9.17) is 0 Å². The molecule has 1 N–H and O–H groups in total. The number of fused-ring (bicyclic) bond motifs is 3. The van der Waals surface area contributed by atoms with Crippen LogP contribution in [0.3, 0.4) is 0 Å². The van der Waals surface area contributed by atoms with Crippen LogP contribution in [0.2, 0.25) is 0 Å². The summed E-state index contributed by atoms with van der Waals surface area (Å²) in [5, 5.41) is 9.75. The minimum Gasteiger partial charge on any atom is -0.508 e. The van der Waals surface area contributed by atoms with E-state index in [2.05, 4.69) is 13.8 Å². The molecule has 0 amide bonds. The van der Waals surface area contributed by atoms with Crippen molar-refractivity contribution in [2.75, 3.05) is 0 Å². The molecule has 13 heavy (non-hydrogen) atoms. The molecule has 1 aromatic rings. The van der Waals surface area contributed by atoms with Gasteiger partial charge in [-0.15, -0.1) is 0 Å². The van der Waals surface area contributed by atoms with Gasteiger partial charge in [-0.1, -0.05) is 13.8 Å². The Labute approximate surface area is 78.4 Å². The molecule has 0 aliphatic heterocycles. The summed E-state index contributed by atoms with van der Waals surface area (Å²) in [6.45, 7) is 4.47. The Bertz CT molecular complexity index is 370. The fraction of sp³-hybridized carbons (Fsp3) is 0.500. The molecule has 0 bridgehead atoms. The molecular weight excluding hydrogens is 160 g/mol. The van der Waals surface area contributed by atoms with E-state index in [-0.39, 0.29) is 0 Å². The zero-order chi connectivity index (χ0) is 9.16. The van der Waals surface area contributed by atoms with Crippen molar-refractivity contribution in [1.82, 2.24) is 0 Å². The van der Waals surface area contributed by atoms with Gasteiger partial charge in [0.2, 0.25) is 0 Å².